The van der Waals surface area contributed by atoms with Crippen LogP contribution >= 0.6 is 0 Å². The molecule has 2 heterocycles. The molecule has 0 amide bonds. The van der Waals surface area contributed by atoms with Crippen LogP contribution in [0.25, 0.3) is 0 Å². The van der Waals surface area contributed by atoms with Crippen LogP contribution in [0.2, 0.25) is 0 Å². The average molecular weight is 427 g/mol. The van der Waals surface area contributed by atoms with Gasteiger partial charge < -0.3 is 19.0 Å². The van der Waals surface area contributed by atoms with Gasteiger partial charge in [-0.1, -0.05) is 12.5 Å². The summed E-state index contributed by atoms with van der Waals surface area (Å²) < 4.78 is 18.3. The summed E-state index contributed by atoms with van der Waals surface area (Å²) in [7, 11) is 0. The van der Waals surface area contributed by atoms with E-state index in [4.69, 9.17) is 13.9 Å². The molecule has 4 aliphatic carbocycles. The summed E-state index contributed by atoms with van der Waals surface area (Å²) in [6.45, 7) is 1.64. The van der Waals surface area contributed by atoms with Crippen molar-refractivity contribution in [2.24, 2.45) is 29.1 Å². The van der Waals surface area contributed by atoms with Gasteiger partial charge in [-0.05, 0) is 80.4 Å². The summed E-state index contributed by atoms with van der Waals surface area (Å²) in [5.41, 5.74) is -0.162. The predicted octanol–water partition coefficient (Wildman–Crippen LogP) is 3.75. The van der Waals surface area contributed by atoms with Gasteiger partial charge in [0.25, 0.3) is 0 Å². The number of allylic oxidation sites excluding steroid dienone is 1. The van der Waals surface area contributed by atoms with Gasteiger partial charge in [0.05, 0.1) is 12.4 Å². The molecule has 5 aliphatic rings. The van der Waals surface area contributed by atoms with Gasteiger partial charge in [-0.25, -0.2) is 0 Å². The lowest BCUT2D eigenvalue weighted by atomic mass is 9.50. The first kappa shape index (κ1) is 19.9. The molecule has 6 nitrogen and oxygen atoms in total. The van der Waals surface area contributed by atoms with E-state index in [0.29, 0.717) is 35.9 Å². The zero-order valence-corrected chi connectivity index (χ0v) is 17.9. The third kappa shape index (κ3) is 2.55. The van der Waals surface area contributed by atoms with Gasteiger partial charge in [0, 0.05) is 11.8 Å². The Morgan fingerprint density at radius 3 is 2.87 bits per heavy atom. The third-order valence-electron chi connectivity index (χ3n) is 9.37. The van der Waals surface area contributed by atoms with Crippen molar-refractivity contribution in [3.8, 4) is 0 Å². The Bertz CT molecular complexity index is 934. The molecular weight excluding hydrogens is 396 g/mol. The predicted molar refractivity (Wildman–Crippen MR) is 110 cm³/mol. The van der Waals surface area contributed by atoms with Gasteiger partial charge in [-0.2, -0.15) is 0 Å². The highest BCUT2D eigenvalue weighted by atomic mass is 16.8. The van der Waals surface area contributed by atoms with E-state index in [1.807, 2.05) is 6.08 Å². The quantitative estimate of drug-likeness (QED) is 0.792. The van der Waals surface area contributed by atoms with Gasteiger partial charge in [0.1, 0.15) is 6.61 Å². The summed E-state index contributed by atoms with van der Waals surface area (Å²) in [5, 5.41) is 9.92. The number of hydrogen-bond acceptors (Lipinski definition) is 6. The van der Waals surface area contributed by atoms with Gasteiger partial charge in [-0.3, -0.25) is 9.59 Å². The zero-order valence-electron chi connectivity index (χ0n) is 17.9. The van der Waals surface area contributed by atoms with Crippen LogP contribution in [0.1, 0.15) is 63.9 Å². The fourth-order valence-corrected chi connectivity index (χ4v) is 8.10. The van der Waals surface area contributed by atoms with E-state index in [1.165, 1.54) is 5.57 Å². The number of hydrogen-bond donors (Lipinski definition) is 1. The molecule has 0 aromatic carbocycles. The Balaban J connectivity index is 1.35. The van der Waals surface area contributed by atoms with Crippen molar-refractivity contribution < 1.29 is 28.6 Å². The number of aliphatic hydroxyl groups is 1. The van der Waals surface area contributed by atoms with Crippen molar-refractivity contribution >= 4 is 11.6 Å². The maximum absolute atomic E-state index is 13.3. The molecule has 1 aromatic rings. The van der Waals surface area contributed by atoms with Gasteiger partial charge in [0.15, 0.2) is 22.9 Å². The molecule has 0 bridgehead atoms. The summed E-state index contributed by atoms with van der Waals surface area (Å²) >= 11 is 0. The second-order valence-electron chi connectivity index (χ2n) is 10.4. The summed E-state index contributed by atoms with van der Waals surface area (Å²) in [6.07, 6.45) is 8.72. The lowest BCUT2D eigenvalue weighted by molar-refractivity contribution is -0.188. The molecule has 1 aromatic heterocycles. The normalized spacial score (nSPS) is 46.0. The summed E-state index contributed by atoms with van der Waals surface area (Å²) in [5.74, 6) is 2.44. The van der Waals surface area contributed by atoms with Crippen LogP contribution in [-0.2, 0) is 19.1 Å². The van der Waals surface area contributed by atoms with Crippen LogP contribution in [-0.4, -0.2) is 35.0 Å². The molecule has 1 N–H and O–H groups in total. The highest BCUT2D eigenvalue weighted by Gasteiger charge is 2.74. The maximum Gasteiger partial charge on any atom is 0.218 e. The maximum atomic E-state index is 13.3. The Morgan fingerprint density at radius 2 is 2.10 bits per heavy atom. The second-order valence-corrected chi connectivity index (χ2v) is 10.4. The number of furan rings is 1. The van der Waals surface area contributed by atoms with Crippen molar-refractivity contribution in [1.29, 1.82) is 0 Å². The van der Waals surface area contributed by atoms with E-state index < -0.39 is 18.5 Å². The highest BCUT2D eigenvalue weighted by Crippen LogP contribution is 2.69. The molecule has 0 radical (unpaired) electrons. The minimum atomic E-state index is -1.13. The van der Waals surface area contributed by atoms with Gasteiger partial charge in [-0.15, -0.1) is 0 Å². The molecule has 6 heteroatoms. The molecule has 3 saturated carbocycles. The van der Waals surface area contributed by atoms with Crippen molar-refractivity contribution in [1.82, 2.24) is 0 Å². The van der Waals surface area contributed by atoms with E-state index in [-0.39, 0.29) is 23.1 Å². The first-order valence-electron chi connectivity index (χ1n) is 11.7. The van der Waals surface area contributed by atoms with Crippen LogP contribution in [0.15, 0.2) is 34.5 Å². The standard InChI is InChI=1S/C25H30O6/c1-24-9-8-17-16-7-5-15(27)11-14(16)4-6-18(17)19(24)12-22-25(24,21(28)13-26)31-23(30-22)20-3-2-10-29-20/h2-3,10-11,16-19,22-23,26H,4-9,12-13H2,1H3. The summed E-state index contributed by atoms with van der Waals surface area (Å²) in [6, 6.07) is 3.59. The monoisotopic (exact) mass is 426 g/mol. The molecule has 1 saturated heterocycles. The summed E-state index contributed by atoms with van der Waals surface area (Å²) in [4.78, 5) is 25.2. The van der Waals surface area contributed by atoms with Crippen molar-refractivity contribution in [2.45, 2.75) is 69.9 Å². The van der Waals surface area contributed by atoms with Crippen LogP contribution < -0.4 is 0 Å². The fraction of sp³-hybridized carbons (Fsp3) is 0.680. The average Bonchev–Trinajstić information content (AvgIpc) is 3.47. The second kappa shape index (κ2) is 6.87. The number of carbonyl (C=O) groups is 2. The largest absolute Gasteiger partial charge is 0.464 e. The smallest absolute Gasteiger partial charge is 0.218 e. The number of fused-ring (bicyclic) bond motifs is 7. The molecule has 4 fully saturated rings. The highest BCUT2D eigenvalue weighted by molar-refractivity contribution is 5.92. The number of carbonyl (C=O) groups excluding carboxylic acids is 2. The SMILES string of the molecule is CC12CCC3C4CCC(=O)C=C4CCC3C1CC1OC(c3ccco3)OC12C(=O)CO. The minimum absolute atomic E-state index is 0.269. The fourth-order valence-electron chi connectivity index (χ4n) is 8.10. The Kier molecular flexibility index (Phi) is 4.41. The van der Waals surface area contributed by atoms with Crippen LogP contribution in [0.3, 0.4) is 0 Å². The lowest BCUT2D eigenvalue weighted by Gasteiger charge is -2.55. The molecule has 1 aliphatic heterocycles. The Hall–Kier alpha value is -1.76. The lowest BCUT2D eigenvalue weighted by Crippen LogP contribution is -2.59. The third-order valence-corrected chi connectivity index (χ3v) is 9.37. The number of Topliss-reactive ketones (excluding diaryl/α,β-unsaturated/α-hetero) is 1. The molecule has 31 heavy (non-hydrogen) atoms. The van der Waals surface area contributed by atoms with Crippen molar-refractivity contribution in [3.05, 3.63) is 35.8 Å². The molecular formula is C25H30O6. The number of ether oxygens (including phenoxy) is 2. The molecule has 6 rings (SSSR count). The Labute approximate surface area is 182 Å². The first-order valence-corrected chi connectivity index (χ1v) is 11.7. The first-order chi connectivity index (χ1) is 15.0. The van der Waals surface area contributed by atoms with Gasteiger partial charge >= 0.3 is 0 Å². The van der Waals surface area contributed by atoms with E-state index in [9.17, 15) is 14.7 Å². The van der Waals surface area contributed by atoms with E-state index >= 15 is 0 Å². The molecule has 0 spiro atoms. The number of aliphatic hydroxyl groups excluding tert-OH is 1. The van der Waals surface area contributed by atoms with Crippen LogP contribution in [0, 0.1) is 29.1 Å². The van der Waals surface area contributed by atoms with Crippen molar-refractivity contribution in [3.63, 3.8) is 0 Å². The van der Waals surface area contributed by atoms with E-state index in [2.05, 4.69) is 6.92 Å². The van der Waals surface area contributed by atoms with E-state index in [0.717, 1.165) is 38.5 Å². The van der Waals surface area contributed by atoms with E-state index in [1.54, 1.807) is 18.4 Å². The molecule has 8 unspecified atom stereocenters. The molecule has 166 valence electrons. The number of rotatable bonds is 3. The topological polar surface area (TPSA) is 86.0 Å². The molecule has 8 atom stereocenters. The zero-order chi connectivity index (χ0) is 21.4. The van der Waals surface area contributed by atoms with Crippen LogP contribution in [0.5, 0.6) is 0 Å². The van der Waals surface area contributed by atoms with Crippen LogP contribution in [0.4, 0.5) is 0 Å². The number of ketones is 2. The Morgan fingerprint density at radius 1 is 1.23 bits per heavy atom. The van der Waals surface area contributed by atoms with Crippen molar-refractivity contribution in [2.75, 3.05) is 6.61 Å². The minimum Gasteiger partial charge on any atom is -0.464 e. The van der Waals surface area contributed by atoms with Gasteiger partial charge in [0.2, 0.25) is 6.29 Å².